The van der Waals surface area contributed by atoms with Gasteiger partial charge in [0.25, 0.3) is 0 Å². The van der Waals surface area contributed by atoms with E-state index in [4.69, 9.17) is 0 Å². The number of allylic oxidation sites excluding steroid dienone is 2. The van der Waals surface area contributed by atoms with E-state index < -0.39 is 0 Å². The summed E-state index contributed by atoms with van der Waals surface area (Å²) in [5.74, 6) is 1.61. The molecule has 2 atom stereocenters. The van der Waals surface area contributed by atoms with Crippen LogP contribution >= 0.6 is 0 Å². The second-order valence-electron chi connectivity index (χ2n) is 3.47. The molecule has 1 aliphatic carbocycles. The molecular formula is C11H18. The predicted molar refractivity (Wildman–Crippen MR) is 50.5 cm³/mol. The van der Waals surface area contributed by atoms with Gasteiger partial charge in [-0.05, 0) is 31.1 Å². The first-order valence-electron chi connectivity index (χ1n) is 4.62. The molecule has 0 aromatic carbocycles. The van der Waals surface area contributed by atoms with E-state index in [0.717, 1.165) is 11.8 Å². The first kappa shape index (κ1) is 8.58. The molecule has 0 aliphatic heterocycles. The number of hydrogen-bond acceptors (Lipinski definition) is 0. The molecule has 62 valence electrons. The highest BCUT2D eigenvalue weighted by atomic mass is 14.3. The van der Waals surface area contributed by atoms with Gasteiger partial charge in [-0.2, -0.15) is 0 Å². The first-order valence-corrected chi connectivity index (χ1v) is 4.62. The molecule has 1 saturated carbocycles. The zero-order valence-corrected chi connectivity index (χ0v) is 7.26. The van der Waals surface area contributed by atoms with Crippen molar-refractivity contribution in [2.24, 2.45) is 11.8 Å². The smallest absolute Gasteiger partial charge is 0.0205 e. The van der Waals surface area contributed by atoms with Gasteiger partial charge in [-0.15, -0.1) is 13.2 Å². The Labute approximate surface area is 70.0 Å². The molecule has 0 N–H and O–H groups in total. The van der Waals surface area contributed by atoms with Gasteiger partial charge in [0.2, 0.25) is 0 Å². The van der Waals surface area contributed by atoms with E-state index in [2.05, 4.69) is 19.2 Å². The zero-order chi connectivity index (χ0) is 8.10. The van der Waals surface area contributed by atoms with Gasteiger partial charge in [0.1, 0.15) is 0 Å². The summed E-state index contributed by atoms with van der Waals surface area (Å²) in [6.45, 7) is 7.67. The maximum Gasteiger partial charge on any atom is -0.0205 e. The normalized spacial score (nSPS) is 31.3. The molecule has 0 saturated heterocycles. The molecule has 1 fully saturated rings. The van der Waals surface area contributed by atoms with Crippen molar-refractivity contribution in [2.75, 3.05) is 0 Å². The summed E-state index contributed by atoms with van der Waals surface area (Å²) < 4.78 is 0. The molecule has 0 radical (unpaired) electrons. The molecule has 0 spiro atoms. The van der Waals surface area contributed by atoms with Gasteiger partial charge in [0.15, 0.2) is 0 Å². The van der Waals surface area contributed by atoms with Crippen molar-refractivity contribution in [3.05, 3.63) is 25.3 Å². The minimum atomic E-state index is 0.766. The van der Waals surface area contributed by atoms with Crippen molar-refractivity contribution in [3.63, 3.8) is 0 Å². The highest BCUT2D eigenvalue weighted by molar-refractivity contribution is 4.90. The van der Waals surface area contributed by atoms with Crippen molar-refractivity contribution in [1.82, 2.24) is 0 Å². The van der Waals surface area contributed by atoms with Crippen LogP contribution in [0.25, 0.3) is 0 Å². The van der Waals surface area contributed by atoms with Crippen molar-refractivity contribution < 1.29 is 0 Å². The summed E-state index contributed by atoms with van der Waals surface area (Å²) in [7, 11) is 0. The van der Waals surface area contributed by atoms with Crippen molar-refractivity contribution >= 4 is 0 Å². The lowest BCUT2D eigenvalue weighted by Gasteiger charge is -2.28. The average molecular weight is 150 g/mol. The molecule has 0 aromatic rings. The quantitative estimate of drug-likeness (QED) is 0.540. The fraction of sp³-hybridized carbons (Fsp3) is 0.636. The number of rotatable bonds is 3. The molecule has 0 nitrogen and oxygen atoms in total. The fourth-order valence-electron chi connectivity index (χ4n) is 2.05. The van der Waals surface area contributed by atoms with Gasteiger partial charge in [0.05, 0.1) is 0 Å². The number of hydrogen-bond donors (Lipinski definition) is 0. The Morgan fingerprint density at radius 2 is 1.91 bits per heavy atom. The highest BCUT2D eigenvalue weighted by Crippen LogP contribution is 2.32. The maximum atomic E-state index is 3.88. The third-order valence-electron chi connectivity index (χ3n) is 2.74. The van der Waals surface area contributed by atoms with Crippen LogP contribution in [0, 0.1) is 11.8 Å². The predicted octanol–water partition coefficient (Wildman–Crippen LogP) is 3.55. The minimum absolute atomic E-state index is 0.766. The first-order chi connectivity index (χ1) is 5.38. The lowest BCUT2D eigenvalue weighted by molar-refractivity contribution is 0.287. The van der Waals surface area contributed by atoms with Crippen LogP contribution in [0.3, 0.4) is 0 Å². The lowest BCUT2D eigenvalue weighted by Crippen LogP contribution is -2.16. The van der Waals surface area contributed by atoms with Crippen molar-refractivity contribution in [2.45, 2.75) is 32.1 Å². The summed E-state index contributed by atoms with van der Waals surface area (Å²) in [5, 5.41) is 0. The van der Waals surface area contributed by atoms with Crippen LogP contribution in [0.2, 0.25) is 0 Å². The molecule has 0 unspecified atom stereocenters. The van der Waals surface area contributed by atoms with Crippen LogP contribution in [0.5, 0.6) is 0 Å². The van der Waals surface area contributed by atoms with Crippen LogP contribution in [0.1, 0.15) is 32.1 Å². The average Bonchev–Trinajstić information content (AvgIpc) is 2.06. The van der Waals surface area contributed by atoms with Crippen molar-refractivity contribution in [3.8, 4) is 0 Å². The third kappa shape index (κ3) is 2.21. The van der Waals surface area contributed by atoms with Crippen molar-refractivity contribution in [1.29, 1.82) is 0 Å². The maximum absolute atomic E-state index is 3.88. The van der Waals surface area contributed by atoms with Crippen LogP contribution in [-0.4, -0.2) is 0 Å². The van der Waals surface area contributed by atoms with Gasteiger partial charge >= 0.3 is 0 Å². The Balaban J connectivity index is 2.43. The molecule has 0 bridgehead atoms. The van der Waals surface area contributed by atoms with E-state index >= 15 is 0 Å². The zero-order valence-electron chi connectivity index (χ0n) is 7.26. The SMILES string of the molecule is C=CC[C@H]1CCCC[C@@H]1C=C. The summed E-state index contributed by atoms with van der Waals surface area (Å²) >= 11 is 0. The Morgan fingerprint density at radius 1 is 1.18 bits per heavy atom. The second-order valence-corrected chi connectivity index (χ2v) is 3.47. The van der Waals surface area contributed by atoms with E-state index in [9.17, 15) is 0 Å². The van der Waals surface area contributed by atoms with Crippen LogP contribution in [0.15, 0.2) is 25.3 Å². The van der Waals surface area contributed by atoms with E-state index in [1.54, 1.807) is 0 Å². The minimum Gasteiger partial charge on any atom is -0.103 e. The summed E-state index contributed by atoms with van der Waals surface area (Å²) in [5.41, 5.74) is 0. The van der Waals surface area contributed by atoms with Crippen LogP contribution < -0.4 is 0 Å². The largest absolute Gasteiger partial charge is 0.103 e. The van der Waals surface area contributed by atoms with E-state index in [-0.39, 0.29) is 0 Å². The van der Waals surface area contributed by atoms with E-state index in [0.29, 0.717) is 0 Å². The third-order valence-corrected chi connectivity index (χ3v) is 2.74. The molecule has 11 heavy (non-hydrogen) atoms. The topological polar surface area (TPSA) is 0 Å². The molecule has 0 amide bonds. The lowest BCUT2D eigenvalue weighted by atomic mass is 9.78. The van der Waals surface area contributed by atoms with E-state index in [1.165, 1.54) is 32.1 Å². The fourth-order valence-corrected chi connectivity index (χ4v) is 2.05. The Hall–Kier alpha value is -0.520. The molecular weight excluding hydrogens is 132 g/mol. The molecule has 1 rings (SSSR count). The standard InChI is InChI=1S/C11H18/c1-3-7-11-9-6-5-8-10(11)4-2/h3-4,10-11H,1-2,5-9H2/t10-,11-/m0/s1. The second kappa shape index (κ2) is 4.38. The highest BCUT2D eigenvalue weighted by Gasteiger charge is 2.20. The summed E-state index contributed by atoms with van der Waals surface area (Å²) in [6.07, 6.45) is 10.9. The molecule has 0 aromatic heterocycles. The monoisotopic (exact) mass is 150 g/mol. The summed E-state index contributed by atoms with van der Waals surface area (Å²) in [6, 6.07) is 0. The summed E-state index contributed by atoms with van der Waals surface area (Å²) in [4.78, 5) is 0. The van der Waals surface area contributed by atoms with Gasteiger partial charge < -0.3 is 0 Å². The van der Waals surface area contributed by atoms with Crippen LogP contribution in [-0.2, 0) is 0 Å². The Morgan fingerprint density at radius 3 is 2.55 bits per heavy atom. The Kier molecular flexibility index (Phi) is 3.41. The molecule has 1 aliphatic rings. The Bertz CT molecular complexity index is 135. The van der Waals surface area contributed by atoms with Gasteiger partial charge in [-0.3, -0.25) is 0 Å². The molecule has 0 heteroatoms. The van der Waals surface area contributed by atoms with E-state index in [1.807, 2.05) is 6.08 Å². The van der Waals surface area contributed by atoms with Gasteiger partial charge in [-0.25, -0.2) is 0 Å². The van der Waals surface area contributed by atoms with Gasteiger partial charge in [0, 0.05) is 0 Å². The van der Waals surface area contributed by atoms with Crippen LogP contribution in [0.4, 0.5) is 0 Å². The molecule has 0 heterocycles. The van der Waals surface area contributed by atoms with Gasteiger partial charge in [-0.1, -0.05) is 25.0 Å².